The summed E-state index contributed by atoms with van der Waals surface area (Å²) in [6.07, 6.45) is 7.05. The van der Waals surface area contributed by atoms with E-state index in [2.05, 4.69) is 17.6 Å². The minimum Gasteiger partial charge on any atom is -0.355 e. The van der Waals surface area contributed by atoms with Crippen molar-refractivity contribution >= 4 is 23.2 Å². The average Bonchev–Trinajstić information content (AvgIpc) is 3.08. The Labute approximate surface area is 166 Å². The minimum atomic E-state index is -0.283. The van der Waals surface area contributed by atoms with E-state index >= 15 is 0 Å². The summed E-state index contributed by atoms with van der Waals surface area (Å²) in [6.45, 7) is 8.48. The lowest BCUT2D eigenvalue weighted by Gasteiger charge is -2.36. The van der Waals surface area contributed by atoms with Gasteiger partial charge in [-0.15, -0.1) is 11.3 Å². The summed E-state index contributed by atoms with van der Waals surface area (Å²) in [5, 5.41) is 6.29. The number of aromatic nitrogens is 1. The van der Waals surface area contributed by atoms with Crippen molar-refractivity contribution in [1.82, 2.24) is 15.2 Å². The Morgan fingerprint density at radius 3 is 2.74 bits per heavy atom. The van der Waals surface area contributed by atoms with E-state index in [1.54, 1.807) is 11.3 Å². The van der Waals surface area contributed by atoms with E-state index in [1.165, 1.54) is 6.42 Å². The van der Waals surface area contributed by atoms with Crippen LogP contribution in [0.15, 0.2) is 5.38 Å². The largest absolute Gasteiger partial charge is 0.355 e. The van der Waals surface area contributed by atoms with E-state index in [0.717, 1.165) is 62.3 Å². The van der Waals surface area contributed by atoms with Crippen LogP contribution in [-0.2, 0) is 16.0 Å². The molecule has 0 spiro atoms. The van der Waals surface area contributed by atoms with E-state index in [0.29, 0.717) is 12.5 Å². The first kappa shape index (κ1) is 20.3. The van der Waals surface area contributed by atoms with Gasteiger partial charge < -0.3 is 10.2 Å². The lowest BCUT2D eigenvalue weighted by Crippen LogP contribution is -2.45. The van der Waals surface area contributed by atoms with Crippen LogP contribution in [0, 0.1) is 11.3 Å². The smallest absolute Gasteiger partial charge is 0.228 e. The van der Waals surface area contributed by atoms with Crippen LogP contribution in [0.4, 0.5) is 0 Å². The van der Waals surface area contributed by atoms with Crippen molar-refractivity contribution in [3.8, 4) is 0 Å². The monoisotopic (exact) mass is 391 g/mol. The first-order chi connectivity index (χ1) is 12.9. The predicted octanol–water partition coefficient (Wildman–Crippen LogP) is 3.74. The summed E-state index contributed by atoms with van der Waals surface area (Å²) in [5.74, 6) is 1.06. The SMILES string of the molecule is CCC(C)(C)C(=O)N1CCCC(c2nc(CCNC(=O)C3CCC3)cs2)C1. The summed E-state index contributed by atoms with van der Waals surface area (Å²) in [4.78, 5) is 31.6. The molecule has 2 aliphatic rings. The maximum atomic E-state index is 12.8. The van der Waals surface area contributed by atoms with Gasteiger partial charge in [-0.1, -0.05) is 27.2 Å². The summed E-state index contributed by atoms with van der Waals surface area (Å²) in [5.41, 5.74) is 0.774. The highest BCUT2D eigenvalue weighted by Crippen LogP contribution is 2.32. The van der Waals surface area contributed by atoms with Crippen molar-refractivity contribution in [3.63, 3.8) is 0 Å². The third kappa shape index (κ3) is 4.89. The molecule has 5 nitrogen and oxygen atoms in total. The van der Waals surface area contributed by atoms with E-state index < -0.39 is 0 Å². The maximum Gasteiger partial charge on any atom is 0.228 e. The van der Waals surface area contributed by atoms with E-state index in [-0.39, 0.29) is 23.1 Å². The van der Waals surface area contributed by atoms with Crippen LogP contribution in [0.3, 0.4) is 0 Å². The maximum absolute atomic E-state index is 12.8. The van der Waals surface area contributed by atoms with Crippen LogP contribution in [0.25, 0.3) is 0 Å². The molecule has 0 radical (unpaired) electrons. The van der Waals surface area contributed by atoms with Gasteiger partial charge in [-0.3, -0.25) is 9.59 Å². The van der Waals surface area contributed by atoms with Crippen molar-refractivity contribution in [2.24, 2.45) is 11.3 Å². The molecule has 1 unspecified atom stereocenters. The summed E-state index contributed by atoms with van der Waals surface area (Å²) in [7, 11) is 0. The van der Waals surface area contributed by atoms with Crippen LogP contribution in [0.2, 0.25) is 0 Å². The Balaban J connectivity index is 1.51. The molecule has 1 aromatic rings. The first-order valence-electron chi connectivity index (χ1n) is 10.4. The highest BCUT2D eigenvalue weighted by molar-refractivity contribution is 7.09. The van der Waals surface area contributed by atoms with Crippen LogP contribution >= 0.6 is 11.3 Å². The lowest BCUT2D eigenvalue weighted by atomic mass is 9.85. The Morgan fingerprint density at radius 2 is 2.07 bits per heavy atom. The Hall–Kier alpha value is -1.43. The number of carbonyl (C=O) groups excluding carboxylic acids is 2. The fourth-order valence-corrected chi connectivity index (χ4v) is 4.68. The normalized spacial score (nSPS) is 21.0. The van der Waals surface area contributed by atoms with Crippen LogP contribution < -0.4 is 5.32 Å². The molecule has 1 saturated carbocycles. The number of hydrogen-bond acceptors (Lipinski definition) is 4. The fraction of sp³-hybridized carbons (Fsp3) is 0.762. The van der Waals surface area contributed by atoms with Gasteiger partial charge in [0.15, 0.2) is 0 Å². The third-order valence-electron chi connectivity index (χ3n) is 6.25. The fourth-order valence-electron chi connectivity index (χ4n) is 3.70. The Bertz CT molecular complexity index is 666. The zero-order valence-corrected chi connectivity index (χ0v) is 17.7. The molecule has 1 aromatic heterocycles. The number of amides is 2. The zero-order valence-electron chi connectivity index (χ0n) is 16.9. The molecule has 0 bridgehead atoms. The molecule has 150 valence electrons. The zero-order chi connectivity index (χ0) is 19.4. The predicted molar refractivity (Wildman–Crippen MR) is 109 cm³/mol. The van der Waals surface area contributed by atoms with Gasteiger partial charge in [-0.2, -0.15) is 0 Å². The lowest BCUT2D eigenvalue weighted by molar-refractivity contribution is -0.141. The summed E-state index contributed by atoms with van der Waals surface area (Å²) < 4.78 is 0. The molecule has 1 saturated heterocycles. The molecule has 2 amide bonds. The number of piperidine rings is 1. The van der Waals surface area contributed by atoms with Crippen molar-refractivity contribution in [1.29, 1.82) is 0 Å². The molecule has 6 heteroatoms. The molecular weight excluding hydrogens is 358 g/mol. The highest BCUT2D eigenvalue weighted by atomic mass is 32.1. The molecule has 0 aromatic carbocycles. The number of carbonyl (C=O) groups is 2. The topological polar surface area (TPSA) is 62.3 Å². The van der Waals surface area contributed by atoms with Gasteiger partial charge in [0.1, 0.15) is 0 Å². The summed E-state index contributed by atoms with van der Waals surface area (Å²) in [6, 6.07) is 0. The van der Waals surface area contributed by atoms with Gasteiger partial charge in [0.2, 0.25) is 11.8 Å². The number of rotatable bonds is 7. The second-order valence-electron chi connectivity index (χ2n) is 8.67. The number of hydrogen-bond donors (Lipinski definition) is 1. The van der Waals surface area contributed by atoms with Crippen molar-refractivity contribution < 1.29 is 9.59 Å². The van der Waals surface area contributed by atoms with Crippen molar-refractivity contribution in [2.45, 2.75) is 71.6 Å². The van der Waals surface area contributed by atoms with E-state index in [4.69, 9.17) is 4.98 Å². The molecule has 2 heterocycles. The minimum absolute atomic E-state index is 0.205. The van der Waals surface area contributed by atoms with Gasteiger partial charge in [0, 0.05) is 48.7 Å². The van der Waals surface area contributed by atoms with Crippen molar-refractivity contribution in [2.75, 3.05) is 19.6 Å². The summed E-state index contributed by atoms with van der Waals surface area (Å²) >= 11 is 1.70. The van der Waals surface area contributed by atoms with Gasteiger partial charge in [-0.25, -0.2) is 4.98 Å². The second kappa shape index (κ2) is 8.72. The molecule has 1 aliphatic carbocycles. The van der Waals surface area contributed by atoms with Crippen molar-refractivity contribution in [3.05, 3.63) is 16.1 Å². The van der Waals surface area contributed by atoms with Crippen LogP contribution in [0.1, 0.15) is 75.9 Å². The molecule has 1 atom stereocenters. The van der Waals surface area contributed by atoms with Crippen LogP contribution in [0.5, 0.6) is 0 Å². The first-order valence-corrected chi connectivity index (χ1v) is 11.3. The molecule has 1 aliphatic heterocycles. The van der Waals surface area contributed by atoms with Gasteiger partial charge in [0.25, 0.3) is 0 Å². The number of likely N-dealkylation sites (tertiary alicyclic amines) is 1. The standard InChI is InChI=1S/C21H33N3O2S/c1-4-21(2,3)20(26)24-12-6-9-16(13-24)19-23-17(14-27-19)10-11-22-18(25)15-7-5-8-15/h14-16H,4-13H2,1-3H3,(H,22,25). The Morgan fingerprint density at radius 1 is 1.30 bits per heavy atom. The van der Waals surface area contributed by atoms with E-state index in [1.807, 2.05) is 18.7 Å². The third-order valence-corrected chi connectivity index (χ3v) is 7.30. The van der Waals surface area contributed by atoms with Gasteiger partial charge in [-0.05, 0) is 32.1 Å². The second-order valence-corrected chi connectivity index (χ2v) is 9.56. The molecule has 3 rings (SSSR count). The molecule has 2 fully saturated rings. The molecule has 27 heavy (non-hydrogen) atoms. The quantitative estimate of drug-likeness (QED) is 0.770. The van der Waals surface area contributed by atoms with Gasteiger partial charge in [0.05, 0.1) is 10.7 Å². The number of nitrogens with zero attached hydrogens (tertiary/aromatic N) is 2. The molecule has 1 N–H and O–H groups in total. The number of nitrogens with one attached hydrogen (secondary N) is 1. The van der Waals surface area contributed by atoms with E-state index in [9.17, 15) is 9.59 Å². The van der Waals surface area contributed by atoms with Crippen LogP contribution in [-0.4, -0.2) is 41.3 Å². The average molecular weight is 392 g/mol. The highest BCUT2D eigenvalue weighted by Gasteiger charge is 2.34. The molecular formula is C21H33N3O2S. The van der Waals surface area contributed by atoms with Gasteiger partial charge >= 0.3 is 0 Å². The Kier molecular flexibility index (Phi) is 6.56. The number of thiazole rings is 1.